The SMILES string of the molecule is CCc1nc(-c2ccccc2OC)sc1C(=O)NN. The summed E-state index contributed by atoms with van der Waals surface area (Å²) < 4.78 is 5.31. The molecule has 3 N–H and O–H groups in total. The molecule has 1 amide bonds. The largest absolute Gasteiger partial charge is 0.496 e. The van der Waals surface area contributed by atoms with Crippen molar-refractivity contribution in [3.8, 4) is 16.3 Å². The van der Waals surface area contributed by atoms with Crippen LogP contribution in [0.2, 0.25) is 0 Å². The third-order valence-corrected chi connectivity index (χ3v) is 3.84. The van der Waals surface area contributed by atoms with Gasteiger partial charge in [-0.25, -0.2) is 10.8 Å². The zero-order valence-electron chi connectivity index (χ0n) is 10.8. The number of nitrogens with one attached hydrogen (secondary N) is 1. The number of hydrazine groups is 1. The van der Waals surface area contributed by atoms with Crippen LogP contribution in [-0.2, 0) is 6.42 Å². The van der Waals surface area contributed by atoms with Crippen LogP contribution in [0.25, 0.3) is 10.6 Å². The number of thiazole rings is 1. The number of methoxy groups -OCH3 is 1. The molecule has 0 fully saturated rings. The van der Waals surface area contributed by atoms with Gasteiger partial charge in [0.15, 0.2) is 0 Å². The van der Waals surface area contributed by atoms with E-state index in [1.54, 1.807) is 7.11 Å². The molecular formula is C13H15N3O2S. The number of hydrogen-bond donors (Lipinski definition) is 2. The number of carbonyl (C=O) groups is 1. The summed E-state index contributed by atoms with van der Waals surface area (Å²) >= 11 is 1.32. The molecule has 100 valence electrons. The number of ether oxygens (including phenoxy) is 1. The summed E-state index contributed by atoms with van der Waals surface area (Å²) in [5.41, 5.74) is 3.77. The van der Waals surface area contributed by atoms with Gasteiger partial charge in [0, 0.05) is 0 Å². The second-order valence-electron chi connectivity index (χ2n) is 3.82. The van der Waals surface area contributed by atoms with Crippen LogP contribution in [0.3, 0.4) is 0 Å². The van der Waals surface area contributed by atoms with Gasteiger partial charge < -0.3 is 4.74 Å². The maximum absolute atomic E-state index is 11.7. The molecule has 0 saturated carbocycles. The Morgan fingerprint density at radius 2 is 2.21 bits per heavy atom. The molecule has 0 aliphatic rings. The highest BCUT2D eigenvalue weighted by molar-refractivity contribution is 7.17. The van der Waals surface area contributed by atoms with Gasteiger partial charge in [-0.1, -0.05) is 19.1 Å². The highest BCUT2D eigenvalue weighted by Gasteiger charge is 2.18. The first-order valence-electron chi connectivity index (χ1n) is 5.85. The molecule has 0 atom stereocenters. The molecule has 0 radical (unpaired) electrons. The van der Waals surface area contributed by atoms with Gasteiger partial charge in [-0.3, -0.25) is 10.2 Å². The molecule has 0 bridgehead atoms. The molecule has 19 heavy (non-hydrogen) atoms. The third kappa shape index (κ3) is 2.59. The minimum atomic E-state index is -0.310. The van der Waals surface area contributed by atoms with E-state index in [9.17, 15) is 4.79 Å². The quantitative estimate of drug-likeness (QED) is 0.509. The first kappa shape index (κ1) is 13.5. The van der Waals surface area contributed by atoms with Crippen LogP contribution in [0.5, 0.6) is 5.75 Å². The lowest BCUT2D eigenvalue weighted by atomic mass is 10.2. The number of carbonyl (C=O) groups excluding carboxylic acids is 1. The number of benzene rings is 1. The summed E-state index contributed by atoms with van der Waals surface area (Å²) in [4.78, 5) is 16.7. The van der Waals surface area contributed by atoms with E-state index >= 15 is 0 Å². The van der Waals surface area contributed by atoms with Gasteiger partial charge in [0.1, 0.15) is 15.6 Å². The average molecular weight is 277 g/mol. The fourth-order valence-electron chi connectivity index (χ4n) is 1.77. The number of nitrogen functional groups attached to an aromatic ring is 1. The third-order valence-electron chi connectivity index (χ3n) is 2.71. The first-order chi connectivity index (χ1) is 9.21. The zero-order chi connectivity index (χ0) is 13.8. The van der Waals surface area contributed by atoms with Gasteiger partial charge in [0.05, 0.1) is 18.4 Å². The molecule has 2 aromatic rings. The number of nitrogens with zero attached hydrogens (tertiary/aromatic N) is 1. The summed E-state index contributed by atoms with van der Waals surface area (Å²) in [6.45, 7) is 1.95. The predicted molar refractivity (Wildman–Crippen MR) is 75.1 cm³/mol. The number of para-hydroxylation sites is 1. The second-order valence-corrected chi connectivity index (χ2v) is 4.82. The van der Waals surface area contributed by atoms with Crippen molar-refractivity contribution in [1.29, 1.82) is 0 Å². The van der Waals surface area contributed by atoms with Crippen molar-refractivity contribution >= 4 is 17.2 Å². The van der Waals surface area contributed by atoms with Gasteiger partial charge in [-0.05, 0) is 18.6 Å². The summed E-state index contributed by atoms with van der Waals surface area (Å²) in [6, 6.07) is 7.59. The van der Waals surface area contributed by atoms with E-state index in [4.69, 9.17) is 10.6 Å². The standard InChI is InChI=1S/C13H15N3O2S/c1-3-9-11(12(17)16-14)19-13(15-9)8-6-4-5-7-10(8)18-2/h4-7H,3,14H2,1-2H3,(H,16,17). The monoisotopic (exact) mass is 277 g/mol. The van der Waals surface area contributed by atoms with Crippen molar-refractivity contribution in [3.05, 3.63) is 34.8 Å². The van der Waals surface area contributed by atoms with Crippen LogP contribution < -0.4 is 16.0 Å². The van der Waals surface area contributed by atoms with Gasteiger partial charge >= 0.3 is 0 Å². The normalized spacial score (nSPS) is 10.3. The Bertz CT molecular complexity index is 595. The maximum Gasteiger partial charge on any atom is 0.277 e. The second kappa shape index (κ2) is 5.81. The van der Waals surface area contributed by atoms with E-state index in [0.29, 0.717) is 11.3 Å². The Kier molecular flexibility index (Phi) is 4.13. The minimum absolute atomic E-state index is 0.310. The molecule has 0 aliphatic heterocycles. The lowest BCUT2D eigenvalue weighted by Crippen LogP contribution is -2.29. The van der Waals surface area contributed by atoms with Crippen molar-refractivity contribution in [2.45, 2.75) is 13.3 Å². The molecule has 6 heteroatoms. The zero-order valence-corrected chi connectivity index (χ0v) is 11.6. The first-order valence-corrected chi connectivity index (χ1v) is 6.67. The van der Waals surface area contributed by atoms with Gasteiger partial charge in [0.2, 0.25) is 0 Å². The van der Waals surface area contributed by atoms with Crippen LogP contribution in [0.4, 0.5) is 0 Å². The highest BCUT2D eigenvalue weighted by Crippen LogP contribution is 2.34. The van der Waals surface area contributed by atoms with E-state index < -0.39 is 0 Å². The molecule has 1 heterocycles. The van der Waals surface area contributed by atoms with Gasteiger partial charge in [-0.2, -0.15) is 0 Å². The number of amides is 1. The number of aryl methyl sites for hydroxylation is 1. The van der Waals surface area contributed by atoms with Crippen LogP contribution >= 0.6 is 11.3 Å². The topological polar surface area (TPSA) is 77.2 Å². The van der Waals surface area contributed by atoms with E-state index in [1.807, 2.05) is 31.2 Å². The summed E-state index contributed by atoms with van der Waals surface area (Å²) in [7, 11) is 1.61. The van der Waals surface area contributed by atoms with E-state index in [2.05, 4.69) is 10.4 Å². The van der Waals surface area contributed by atoms with Crippen LogP contribution in [0.1, 0.15) is 22.3 Å². The predicted octanol–water partition coefficient (Wildman–Crippen LogP) is 1.98. The molecule has 2 rings (SSSR count). The van der Waals surface area contributed by atoms with Crippen LogP contribution in [0.15, 0.2) is 24.3 Å². The fraction of sp³-hybridized carbons (Fsp3) is 0.231. The highest BCUT2D eigenvalue weighted by atomic mass is 32.1. The van der Waals surface area contributed by atoms with Crippen molar-refractivity contribution in [3.63, 3.8) is 0 Å². The van der Waals surface area contributed by atoms with Crippen molar-refractivity contribution in [2.24, 2.45) is 5.84 Å². The van der Waals surface area contributed by atoms with E-state index in [0.717, 1.165) is 22.0 Å². The minimum Gasteiger partial charge on any atom is -0.496 e. The molecule has 1 aromatic heterocycles. The molecule has 0 aliphatic carbocycles. The Balaban J connectivity index is 2.51. The molecule has 0 spiro atoms. The molecular weight excluding hydrogens is 262 g/mol. The smallest absolute Gasteiger partial charge is 0.277 e. The van der Waals surface area contributed by atoms with Gasteiger partial charge in [0.25, 0.3) is 5.91 Å². The van der Waals surface area contributed by atoms with Gasteiger partial charge in [-0.15, -0.1) is 11.3 Å². The molecule has 0 saturated heterocycles. The lowest BCUT2D eigenvalue weighted by molar-refractivity contribution is 0.0956. The summed E-state index contributed by atoms with van der Waals surface area (Å²) in [6.07, 6.45) is 0.675. The Hall–Kier alpha value is -1.92. The van der Waals surface area contributed by atoms with Crippen LogP contribution in [0, 0.1) is 0 Å². The maximum atomic E-state index is 11.7. The van der Waals surface area contributed by atoms with E-state index in [1.165, 1.54) is 11.3 Å². The Morgan fingerprint density at radius 1 is 1.47 bits per heavy atom. The van der Waals surface area contributed by atoms with Crippen LogP contribution in [-0.4, -0.2) is 18.0 Å². The molecule has 5 nitrogen and oxygen atoms in total. The lowest BCUT2D eigenvalue weighted by Gasteiger charge is -2.04. The summed E-state index contributed by atoms with van der Waals surface area (Å²) in [5, 5.41) is 0.757. The number of nitrogens with two attached hydrogens (primary N) is 1. The molecule has 0 unspecified atom stereocenters. The molecule has 1 aromatic carbocycles. The Morgan fingerprint density at radius 3 is 2.84 bits per heavy atom. The number of hydrogen-bond acceptors (Lipinski definition) is 5. The Labute approximate surface area is 115 Å². The van der Waals surface area contributed by atoms with Crippen molar-refractivity contribution < 1.29 is 9.53 Å². The number of aromatic nitrogens is 1. The van der Waals surface area contributed by atoms with E-state index in [-0.39, 0.29) is 5.91 Å². The fourth-order valence-corrected chi connectivity index (χ4v) is 2.86. The summed E-state index contributed by atoms with van der Waals surface area (Å²) in [5.74, 6) is 5.61. The van der Waals surface area contributed by atoms with Crippen molar-refractivity contribution in [2.75, 3.05) is 7.11 Å². The van der Waals surface area contributed by atoms with Crippen molar-refractivity contribution in [1.82, 2.24) is 10.4 Å². The average Bonchev–Trinajstić information content (AvgIpc) is 2.90. The number of rotatable bonds is 4.